The van der Waals surface area contributed by atoms with Gasteiger partial charge in [-0.3, -0.25) is 14.4 Å². The lowest BCUT2D eigenvalue weighted by Crippen LogP contribution is -2.36. The van der Waals surface area contributed by atoms with E-state index < -0.39 is 12.0 Å². The number of amides is 1. The number of hydrogen-bond acceptors (Lipinski definition) is 8. The predicted octanol–water partition coefficient (Wildman–Crippen LogP) is 5.09. The van der Waals surface area contributed by atoms with Crippen molar-refractivity contribution in [2.24, 2.45) is 0 Å². The summed E-state index contributed by atoms with van der Waals surface area (Å²) < 4.78 is 17.4. The molecule has 0 bridgehead atoms. The number of nitrogens with zero attached hydrogens (tertiary/aromatic N) is 1. The van der Waals surface area contributed by atoms with Crippen LogP contribution in [0.15, 0.2) is 77.2 Å². The number of carboxylic acids is 1. The molecule has 10 heteroatoms. The maximum Gasteiger partial charge on any atom is 0.303 e. The molecule has 5 rings (SSSR count). The number of aliphatic carboxylic acids is 1. The lowest BCUT2D eigenvalue weighted by molar-refractivity contribution is -0.138. The van der Waals surface area contributed by atoms with Crippen molar-refractivity contribution in [3.05, 3.63) is 101 Å². The molecular formula is C35H37N3O7. The van der Waals surface area contributed by atoms with Gasteiger partial charge in [0.25, 0.3) is 5.91 Å². The molecule has 0 radical (unpaired) electrons. The van der Waals surface area contributed by atoms with Crippen molar-refractivity contribution >= 4 is 17.7 Å². The quantitative estimate of drug-likeness (QED) is 0.178. The Hall–Kier alpha value is -4.96. The molecule has 1 aliphatic rings. The Bertz CT molecular complexity index is 1650. The van der Waals surface area contributed by atoms with Gasteiger partial charge in [0.2, 0.25) is 5.89 Å². The number of Topliss-reactive ketones (excluding diaryl/α,β-unsaturated/α-hetero) is 1. The molecule has 10 nitrogen and oxygen atoms in total. The molecule has 0 saturated carbocycles. The fraction of sp³-hybridized carbons (Fsp3) is 0.314. The maximum absolute atomic E-state index is 13.7. The van der Waals surface area contributed by atoms with Crippen LogP contribution in [0, 0.1) is 6.92 Å². The van der Waals surface area contributed by atoms with Gasteiger partial charge in [0.1, 0.15) is 17.3 Å². The van der Waals surface area contributed by atoms with Crippen LogP contribution in [0.1, 0.15) is 58.1 Å². The van der Waals surface area contributed by atoms with Gasteiger partial charge in [-0.2, -0.15) is 0 Å². The summed E-state index contributed by atoms with van der Waals surface area (Å²) in [5, 5.41) is 15.3. The first-order valence-corrected chi connectivity index (χ1v) is 15.0. The van der Waals surface area contributed by atoms with E-state index in [1.165, 1.54) is 0 Å². The molecular weight excluding hydrogens is 574 g/mol. The summed E-state index contributed by atoms with van der Waals surface area (Å²) in [7, 11) is 1.58. The normalized spacial score (nSPS) is 15.9. The summed E-state index contributed by atoms with van der Waals surface area (Å²) in [5.41, 5.74) is 3.62. The number of benzene rings is 3. The van der Waals surface area contributed by atoms with Crippen LogP contribution in [0.25, 0.3) is 11.5 Å². The van der Waals surface area contributed by atoms with E-state index >= 15 is 0 Å². The van der Waals surface area contributed by atoms with Crippen molar-refractivity contribution in [1.82, 2.24) is 15.6 Å². The predicted molar refractivity (Wildman–Crippen MR) is 168 cm³/mol. The number of nitrogens with one attached hydrogen (secondary N) is 2. The van der Waals surface area contributed by atoms with Gasteiger partial charge in [0, 0.05) is 42.0 Å². The molecule has 1 unspecified atom stereocenters. The fourth-order valence-corrected chi connectivity index (χ4v) is 5.66. The van der Waals surface area contributed by atoms with Crippen molar-refractivity contribution in [2.45, 2.75) is 51.1 Å². The average Bonchev–Trinajstić information content (AvgIpc) is 3.70. The Balaban J connectivity index is 1.34. The number of ether oxygens (including phenoxy) is 2. The monoisotopic (exact) mass is 611 g/mol. The van der Waals surface area contributed by atoms with Gasteiger partial charge in [-0.25, -0.2) is 4.98 Å². The lowest BCUT2D eigenvalue weighted by atomic mass is 9.85. The van der Waals surface area contributed by atoms with E-state index in [-0.39, 0.29) is 37.0 Å². The largest absolute Gasteiger partial charge is 0.496 e. The van der Waals surface area contributed by atoms with Crippen LogP contribution < -0.4 is 20.1 Å². The van der Waals surface area contributed by atoms with Crippen LogP contribution in [0.2, 0.25) is 0 Å². The Kier molecular flexibility index (Phi) is 10.3. The van der Waals surface area contributed by atoms with Crippen LogP contribution in [0.5, 0.6) is 11.5 Å². The van der Waals surface area contributed by atoms with Crippen molar-refractivity contribution in [3.63, 3.8) is 0 Å². The third kappa shape index (κ3) is 7.77. The highest BCUT2D eigenvalue weighted by Gasteiger charge is 2.35. The number of carbonyl (C=O) groups is 3. The van der Waals surface area contributed by atoms with E-state index in [2.05, 4.69) is 15.6 Å². The minimum Gasteiger partial charge on any atom is -0.496 e. The number of oxazole rings is 1. The van der Waals surface area contributed by atoms with E-state index in [4.69, 9.17) is 19.0 Å². The number of rotatable bonds is 14. The van der Waals surface area contributed by atoms with E-state index in [0.717, 1.165) is 22.6 Å². The number of aryl methyl sites for hydroxylation is 1. The Morgan fingerprint density at radius 3 is 2.60 bits per heavy atom. The Labute approximate surface area is 261 Å². The molecule has 1 fully saturated rings. The molecule has 234 valence electrons. The second kappa shape index (κ2) is 14.7. The van der Waals surface area contributed by atoms with Gasteiger partial charge in [0.05, 0.1) is 31.9 Å². The summed E-state index contributed by atoms with van der Waals surface area (Å²) in [4.78, 5) is 42.4. The average molecular weight is 612 g/mol. The second-order valence-electron chi connectivity index (χ2n) is 10.9. The maximum atomic E-state index is 13.7. The Morgan fingerprint density at radius 1 is 1.04 bits per heavy atom. The van der Waals surface area contributed by atoms with Crippen LogP contribution in [0.3, 0.4) is 0 Å². The molecule has 4 aromatic rings. The zero-order valence-electron chi connectivity index (χ0n) is 25.4. The van der Waals surface area contributed by atoms with Crippen molar-refractivity contribution in [2.75, 3.05) is 20.3 Å². The van der Waals surface area contributed by atoms with Gasteiger partial charge in [-0.05, 0) is 55.8 Å². The number of methoxy groups -OCH3 is 1. The number of hydrogen-bond donors (Lipinski definition) is 3. The first kappa shape index (κ1) is 31.5. The first-order chi connectivity index (χ1) is 21.8. The van der Waals surface area contributed by atoms with Crippen LogP contribution in [-0.4, -0.2) is 54.1 Å². The number of aromatic nitrogens is 1. The standard InChI is InChI=1S/C35H37N3O7/c1-22-29(38-35(45-22)23-8-4-3-5-9-23)17-19-44-25-12-13-26(27-16-18-36-33(27)30(39)14-15-32(40)41)28(20-25)34(42)37-21-24-10-6-7-11-31(24)43-2/h3-13,20,27,33,36H,14-19,21H2,1-2H3,(H,37,42)(H,40,41)/t27?,33-/m0/s1. The van der Waals surface area contributed by atoms with Gasteiger partial charge in [0.15, 0.2) is 5.78 Å². The molecule has 0 aliphatic carbocycles. The zero-order chi connectivity index (χ0) is 31.8. The highest BCUT2D eigenvalue weighted by molar-refractivity contribution is 5.97. The van der Waals surface area contributed by atoms with Crippen LogP contribution in [-0.2, 0) is 22.6 Å². The third-order valence-corrected chi connectivity index (χ3v) is 7.98. The molecule has 2 atom stereocenters. The number of carbonyl (C=O) groups excluding carboxylic acids is 2. The van der Waals surface area contributed by atoms with E-state index in [9.17, 15) is 14.4 Å². The van der Waals surface area contributed by atoms with Gasteiger partial charge < -0.3 is 29.6 Å². The number of ketones is 1. The fourth-order valence-electron chi connectivity index (χ4n) is 5.66. The van der Waals surface area contributed by atoms with E-state index in [0.29, 0.717) is 54.5 Å². The Morgan fingerprint density at radius 2 is 1.82 bits per heavy atom. The van der Waals surface area contributed by atoms with Gasteiger partial charge >= 0.3 is 5.97 Å². The topological polar surface area (TPSA) is 140 Å². The van der Waals surface area contributed by atoms with Crippen LogP contribution in [0.4, 0.5) is 0 Å². The minimum absolute atomic E-state index is 0.0759. The van der Waals surface area contributed by atoms with E-state index in [1.807, 2.05) is 67.6 Å². The molecule has 3 aromatic carbocycles. The minimum atomic E-state index is -1.02. The lowest BCUT2D eigenvalue weighted by Gasteiger charge is -2.22. The second-order valence-corrected chi connectivity index (χ2v) is 10.9. The molecule has 1 amide bonds. The van der Waals surface area contributed by atoms with Crippen molar-refractivity contribution < 1.29 is 33.4 Å². The highest BCUT2D eigenvalue weighted by atomic mass is 16.5. The first-order valence-electron chi connectivity index (χ1n) is 15.0. The molecule has 2 heterocycles. The van der Waals surface area contributed by atoms with Gasteiger partial charge in [-0.1, -0.05) is 42.5 Å². The molecule has 1 aromatic heterocycles. The van der Waals surface area contributed by atoms with Gasteiger partial charge in [-0.15, -0.1) is 0 Å². The summed E-state index contributed by atoms with van der Waals surface area (Å²) >= 11 is 0. The number of para-hydroxylation sites is 1. The highest BCUT2D eigenvalue weighted by Crippen LogP contribution is 2.34. The number of carboxylic acid groups (broad SMARTS) is 1. The summed E-state index contributed by atoms with van der Waals surface area (Å²) in [6, 6.07) is 21.9. The third-order valence-electron chi connectivity index (χ3n) is 7.98. The summed E-state index contributed by atoms with van der Waals surface area (Å²) in [5.74, 6) is 0.636. The molecule has 1 saturated heterocycles. The molecule has 45 heavy (non-hydrogen) atoms. The SMILES string of the molecule is COc1ccccc1CNC(=O)c1cc(OCCc2nc(-c3ccccc3)oc2C)ccc1C1CCN[C@@H]1C(=O)CCC(=O)O. The van der Waals surface area contributed by atoms with E-state index in [1.54, 1.807) is 19.2 Å². The van der Waals surface area contributed by atoms with Crippen LogP contribution >= 0.6 is 0 Å². The van der Waals surface area contributed by atoms with Crippen molar-refractivity contribution in [1.29, 1.82) is 0 Å². The summed E-state index contributed by atoms with van der Waals surface area (Å²) in [6.07, 6.45) is 0.825. The zero-order valence-corrected chi connectivity index (χ0v) is 25.4. The molecule has 0 spiro atoms. The smallest absolute Gasteiger partial charge is 0.303 e. The molecule has 3 N–H and O–H groups in total. The summed E-state index contributed by atoms with van der Waals surface area (Å²) in [6.45, 7) is 3.01. The van der Waals surface area contributed by atoms with Crippen molar-refractivity contribution in [3.8, 4) is 23.0 Å². The molecule has 1 aliphatic heterocycles.